The molecule has 6 nitrogen and oxygen atoms in total. The summed E-state index contributed by atoms with van der Waals surface area (Å²) in [7, 11) is 0. The molecule has 2 aliphatic rings. The molecule has 25 heavy (non-hydrogen) atoms. The van der Waals surface area contributed by atoms with Crippen LogP contribution in [0.25, 0.3) is 0 Å². The largest absolute Gasteiger partial charge is 0.481 e. The third kappa shape index (κ3) is 4.38. The molecule has 0 spiro atoms. The van der Waals surface area contributed by atoms with E-state index in [0.29, 0.717) is 44.0 Å². The van der Waals surface area contributed by atoms with E-state index in [2.05, 4.69) is 5.32 Å². The van der Waals surface area contributed by atoms with Gasteiger partial charge < -0.3 is 15.3 Å². The van der Waals surface area contributed by atoms with Crippen molar-refractivity contribution in [2.24, 2.45) is 17.8 Å². The van der Waals surface area contributed by atoms with Gasteiger partial charge in [0.05, 0.1) is 5.92 Å². The molecule has 0 bridgehead atoms. The Morgan fingerprint density at radius 2 is 1.84 bits per heavy atom. The molecule has 2 fully saturated rings. The van der Waals surface area contributed by atoms with Crippen LogP contribution >= 0.6 is 0 Å². The predicted molar refractivity (Wildman–Crippen MR) is 91.9 cm³/mol. The molecular formula is C19H24N2O4. The third-order valence-electron chi connectivity index (χ3n) is 5.15. The average molecular weight is 344 g/mol. The van der Waals surface area contributed by atoms with Crippen molar-refractivity contribution in [3.8, 4) is 0 Å². The van der Waals surface area contributed by atoms with Gasteiger partial charge in [-0.15, -0.1) is 0 Å². The van der Waals surface area contributed by atoms with Crippen LogP contribution in [0, 0.1) is 17.8 Å². The number of nitrogens with zero attached hydrogens (tertiary/aromatic N) is 1. The van der Waals surface area contributed by atoms with Crippen LogP contribution in [0.4, 0.5) is 0 Å². The SMILES string of the molecule is O=C(NCCCC(=O)N1C[C@H](C(=O)O)[C@@H](C2CC2)C1)c1ccccc1. The maximum absolute atomic E-state index is 12.3. The number of hydrogen-bond acceptors (Lipinski definition) is 3. The molecule has 2 atom stereocenters. The smallest absolute Gasteiger partial charge is 0.308 e. The molecule has 134 valence electrons. The Balaban J connectivity index is 1.41. The van der Waals surface area contributed by atoms with Crippen LogP contribution in [0.15, 0.2) is 30.3 Å². The summed E-state index contributed by atoms with van der Waals surface area (Å²) < 4.78 is 0. The van der Waals surface area contributed by atoms with Crippen LogP contribution in [0.3, 0.4) is 0 Å². The molecule has 1 aromatic carbocycles. The van der Waals surface area contributed by atoms with E-state index in [9.17, 15) is 19.5 Å². The zero-order valence-electron chi connectivity index (χ0n) is 14.2. The average Bonchev–Trinajstić information content (AvgIpc) is 3.36. The van der Waals surface area contributed by atoms with Gasteiger partial charge in [-0.25, -0.2) is 0 Å². The van der Waals surface area contributed by atoms with Crippen molar-refractivity contribution in [3.05, 3.63) is 35.9 Å². The first-order valence-electron chi connectivity index (χ1n) is 8.90. The Morgan fingerprint density at radius 3 is 2.48 bits per heavy atom. The summed E-state index contributed by atoms with van der Waals surface area (Å²) in [6, 6.07) is 8.95. The van der Waals surface area contributed by atoms with Crippen LogP contribution in [0.1, 0.15) is 36.0 Å². The maximum atomic E-state index is 12.3. The monoisotopic (exact) mass is 344 g/mol. The lowest BCUT2D eigenvalue weighted by Crippen LogP contribution is -2.31. The Kier molecular flexibility index (Phi) is 5.36. The van der Waals surface area contributed by atoms with Crippen LogP contribution < -0.4 is 5.32 Å². The fourth-order valence-corrected chi connectivity index (χ4v) is 3.59. The van der Waals surface area contributed by atoms with Crippen molar-refractivity contribution in [2.45, 2.75) is 25.7 Å². The third-order valence-corrected chi connectivity index (χ3v) is 5.15. The number of carbonyl (C=O) groups excluding carboxylic acids is 2. The Hall–Kier alpha value is -2.37. The van der Waals surface area contributed by atoms with Gasteiger partial charge in [0.1, 0.15) is 0 Å². The van der Waals surface area contributed by atoms with Gasteiger partial charge in [-0.1, -0.05) is 18.2 Å². The lowest BCUT2D eigenvalue weighted by Gasteiger charge is -2.16. The lowest BCUT2D eigenvalue weighted by molar-refractivity contribution is -0.142. The molecule has 2 amide bonds. The molecule has 1 heterocycles. The van der Waals surface area contributed by atoms with E-state index >= 15 is 0 Å². The molecule has 6 heteroatoms. The highest BCUT2D eigenvalue weighted by atomic mass is 16.4. The summed E-state index contributed by atoms with van der Waals surface area (Å²) in [4.78, 5) is 37.3. The Morgan fingerprint density at radius 1 is 1.12 bits per heavy atom. The number of aliphatic carboxylic acids is 1. The quantitative estimate of drug-likeness (QED) is 0.738. The van der Waals surface area contributed by atoms with E-state index in [-0.39, 0.29) is 17.7 Å². The van der Waals surface area contributed by atoms with Gasteiger partial charge >= 0.3 is 5.97 Å². The number of likely N-dealkylation sites (tertiary alicyclic amines) is 1. The van der Waals surface area contributed by atoms with Gasteiger partial charge in [0.15, 0.2) is 0 Å². The summed E-state index contributed by atoms with van der Waals surface area (Å²) in [6.45, 7) is 1.32. The number of benzene rings is 1. The molecule has 1 aromatic rings. The molecule has 1 aliphatic heterocycles. The molecule has 2 N–H and O–H groups in total. The van der Waals surface area contributed by atoms with Crippen molar-refractivity contribution in [3.63, 3.8) is 0 Å². The zero-order chi connectivity index (χ0) is 17.8. The highest BCUT2D eigenvalue weighted by Gasteiger charge is 2.46. The lowest BCUT2D eigenvalue weighted by atomic mass is 9.92. The van der Waals surface area contributed by atoms with Crippen LogP contribution in [-0.2, 0) is 9.59 Å². The highest BCUT2D eigenvalue weighted by Crippen LogP contribution is 2.44. The van der Waals surface area contributed by atoms with Gasteiger partial charge in [0, 0.05) is 31.6 Å². The summed E-state index contributed by atoms with van der Waals surface area (Å²) in [5.74, 6) is -0.780. The standard InChI is InChI=1S/C19H24N2O4/c22-17(7-4-10-20-18(23)14-5-2-1-3-6-14)21-11-15(13-8-9-13)16(12-21)19(24)25/h1-3,5-6,13,15-16H,4,7-12H2,(H,20,23)(H,24,25)/t15-,16+/m1/s1. The topological polar surface area (TPSA) is 86.7 Å². The second-order valence-electron chi connectivity index (χ2n) is 6.97. The zero-order valence-corrected chi connectivity index (χ0v) is 14.2. The van der Waals surface area contributed by atoms with E-state index in [0.717, 1.165) is 12.8 Å². The maximum Gasteiger partial charge on any atom is 0.308 e. The normalized spacial score (nSPS) is 22.6. The minimum Gasteiger partial charge on any atom is -0.481 e. The van der Waals surface area contributed by atoms with Crippen LogP contribution in [0.2, 0.25) is 0 Å². The molecular weight excluding hydrogens is 320 g/mol. The fourth-order valence-electron chi connectivity index (χ4n) is 3.59. The van der Waals surface area contributed by atoms with Crippen molar-refractivity contribution >= 4 is 17.8 Å². The van der Waals surface area contributed by atoms with E-state index in [4.69, 9.17) is 0 Å². The van der Waals surface area contributed by atoms with E-state index < -0.39 is 11.9 Å². The van der Waals surface area contributed by atoms with Gasteiger partial charge in [-0.3, -0.25) is 14.4 Å². The van der Waals surface area contributed by atoms with Crippen molar-refractivity contribution in [1.82, 2.24) is 10.2 Å². The predicted octanol–water partition coefficient (Wildman–Crippen LogP) is 1.77. The van der Waals surface area contributed by atoms with Gasteiger partial charge in [0.25, 0.3) is 5.91 Å². The number of carbonyl (C=O) groups is 3. The molecule has 1 aliphatic carbocycles. The second-order valence-corrected chi connectivity index (χ2v) is 6.97. The summed E-state index contributed by atoms with van der Waals surface area (Å²) in [5.41, 5.74) is 0.602. The first kappa shape index (κ1) is 17.5. The fraction of sp³-hybridized carbons (Fsp3) is 0.526. The van der Waals surface area contributed by atoms with Crippen molar-refractivity contribution in [1.29, 1.82) is 0 Å². The number of carboxylic acid groups (broad SMARTS) is 1. The number of amides is 2. The van der Waals surface area contributed by atoms with Crippen LogP contribution in [-0.4, -0.2) is 47.4 Å². The molecule has 1 saturated carbocycles. The number of hydrogen-bond donors (Lipinski definition) is 2. The first-order chi connectivity index (χ1) is 12.1. The molecule has 0 unspecified atom stereocenters. The first-order valence-corrected chi connectivity index (χ1v) is 8.90. The van der Waals surface area contributed by atoms with Gasteiger partial charge in [-0.2, -0.15) is 0 Å². The molecule has 1 saturated heterocycles. The minimum atomic E-state index is -0.790. The second kappa shape index (κ2) is 7.68. The Labute approximate surface area is 147 Å². The van der Waals surface area contributed by atoms with Crippen molar-refractivity contribution in [2.75, 3.05) is 19.6 Å². The Bertz CT molecular complexity index is 642. The number of rotatable bonds is 7. The summed E-state index contributed by atoms with van der Waals surface area (Å²) in [6.07, 6.45) is 3.06. The van der Waals surface area contributed by atoms with Crippen molar-refractivity contribution < 1.29 is 19.5 Å². The highest BCUT2D eigenvalue weighted by molar-refractivity contribution is 5.94. The van der Waals surface area contributed by atoms with E-state index in [1.807, 2.05) is 6.07 Å². The van der Waals surface area contributed by atoms with E-state index in [1.165, 1.54) is 0 Å². The molecule has 0 radical (unpaired) electrons. The van der Waals surface area contributed by atoms with E-state index in [1.54, 1.807) is 29.2 Å². The number of nitrogens with one attached hydrogen (secondary N) is 1. The molecule has 0 aromatic heterocycles. The van der Waals surface area contributed by atoms with Gasteiger partial charge in [0.2, 0.25) is 5.91 Å². The summed E-state index contributed by atoms with van der Waals surface area (Å²) >= 11 is 0. The minimum absolute atomic E-state index is 0.0108. The summed E-state index contributed by atoms with van der Waals surface area (Å²) in [5, 5.41) is 12.2. The van der Waals surface area contributed by atoms with Crippen LogP contribution in [0.5, 0.6) is 0 Å². The number of carboxylic acids is 1. The molecule has 3 rings (SSSR count). The van der Waals surface area contributed by atoms with Gasteiger partial charge in [-0.05, 0) is 43.2 Å².